The van der Waals surface area contributed by atoms with Crippen LogP contribution in [-0.4, -0.2) is 18.4 Å². The third kappa shape index (κ3) is 2.63. The largest absolute Gasteiger partial charge is 0.497 e. The highest BCUT2D eigenvalue weighted by Crippen LogP contribution is 2.12. The van der Waals surface area contributed by atoms with Crippen LogP contribution in [0.5, 0.6) is 5.75 Å². The summed E-state index contributed by atoms with van der Waals surface area (Å²) in [4.78, 5) is 0. The minimum absolute atomic E-state index is 0.856. The summed E-state index contributed by atoms with van der Waals surface area (Å²) >= 11 is 0. The molecule has 0 atom stereocenters. The van der Waals surface area contributed by atoms with Crippen molar-refractivity contribution in [3.8, 4) is 5.75 Å². The maximum absolute atomic E-state index is 5.08. The van der Waals surface area contributed by atoms with Gasteiger partial charge in [-0.3, -0.25) is 5.43 Å². The average molecular weight is 215 g/mol. The van der Waals surface area contributed by atoms with Crippen molar-refractivity contribution < 1.29 is 4.74 Å². The lowest BCUT2D eigenvalue weighted by Gasteiger charge is -2.15. The standard InChI is InChI=1S/C12H13N3O/c1-16-12-5-3-11(4-6-12)7-10-15-13-8-2-9-14-15/h2-10,13H,1H3. The van der Waals surface area contributed by atoms with Gasteiger partial charge in [0, 0.05) is 12.4 Å². The third-order valence-corrected chi connectivity index (χ3v) is 2.10. The van der Waals surface area contributed by atoms with Gasteiger partial charge in [0.05, 0.1) is 13.3 Å². The molecule has 0 aromatic heterocycles. The number of allylic oxidation sites excluding steroid dienone is 1. The zero-order chi connectivity index (χ0) is 11.2. The zero-order valence-corrected chi connectivity index (χ0v) is 9.00. The summed E-state index contributed by atoms with van der Waals surface area (Å²) in [7, 11) is 1.66. The first-order chi connectivity index (χ1) is 7.88. The number of methoxy groups -OCH3 is 1. The Morgan fingerprint density at radius 1 is 1.31 bits per heavy atom. The molecule has 82 valence electrons. The Morgan fingerprint density at radius 3 is 2.75 bits per heavy atom. The van der Waals surface area contributed by atoms with Gasteiger partial charge in [0.1, 0.15) is 5.75 Å². The number of rotatable bonds is 3. The number of benzene rings is 1. The molecule has 1 aromatic rings. The number of ether oxygens (including phenoxy) is 1. The number of hydrogen-bond donors (Lipinski definition) is 1. The molecule has 0 aliphatic carbocycles. The molecule has 1 aliphatic rings. The van der Waals surface area contributed by atoms with Crippen LogP contribution >= 0.6 is 0 Å². The molecule has 0 bridgehead atoms. The molecule has 0 fully saturated rings. The Hall–Kier alpha value is -2.23. The Balaban J connectivity index is 2.00. The van der Waals surface area contributed by atoms with Gasteiger partial charge < -0.3 is 4.74 Å². The molecule has 1 aromatic carbocycles. The summed E-state index contributed by atoms with van der Waals surface area (Å²) in [6.07, 6.45) is 9.17. The normalized spacial score (nSPS) is 14.2. The van der Waals surface area contributed by atoms with Crippen molar-refractivity contribution in [3.63, 3.8) is 0 Å². The van der Waals surface area contributed by atoms with Crippen LogP contribution in [0.2, 0.25) is 0 Å². The van der Waals surface area contributed by atoms with E-state index >= 15 is 0 Å². The van der Waals surface area contributed by atoms with Crippen molar-refractivity contribution in [1.29, 1.82) is 0 Å². The van der Waals surface area contributed by atoms with Crippen LogP contribution in [-0.2, 0) is 0 Å². The summed E-state index contributed by atoms with van der Waals surface area (Å²) in [5, 5.41) is 5.71. The summed E-state index contributed by atoms with van der Waals surface area (Å²) in [5.41, 5.74) is 4.05. The first-order valence-corrected chi connectivity index (χ1v) is 4.95. The van der Waals surface area contributed by atoms with Crippen LogP contribution in [0, 0.1) is 0 Å². The number of nitrogens with one attached hydrogen (secondary N) is 1. The summed E-state index contributed by atoms with van der Waals surface area (Å²) in [5.74, 6) is 0.856. The molecule has 0 saturated carbocycles. The van der Waals surface area contributed by atoms with Gasteiger partial charge in [0.2, 0.25) is 0 Å². The molecule has 0 amide bonds. The van der Waals surface area contributed by atoms with E-state index < -0.39 is 0 Å². The van der Waals surface area contributed by atoms with Crippen LogP contribution in [0.4, 0.5) is 0 Å². The van der Waals surface area contributed by atoms with E-state index in [2.05, 4.69) is 10.5 Å². The van der Waals surface area contributed by atoms with Crippen molar-refractivity contribution in [1.82, 2.24) is 10.5 Å². The average Bonchev–Trinajstić information content (AvgIpc) is 2.38. The SMILES string of the molecule is COc1ccc(C=CN2N=CC=CN2)cc1. The van der Waals surface area contributed by atoms with Crippen LogP contribution < -0.4 is 10.2 Å². The molecule has 2 rings (SSSR count). The van der Waals surface area contributed by atoms with Gasteiger partial charge in [-0.15, -0.1) is 0 Å². The summed E-state index contributed by atoms with van der Waals surface area (Å²) < 4.78 is 5.08. The lowest BCUT2D eigenvalue weighted by atomic mass is 10.2. The molecule has 1 heterocycles. The quantitative estimate of drug-likeness (QED) is 0.837. The number of hydrogen-bond acceptors (Lipinski definition) is 4. The molecule has 16 heavy (non-hydrogen) atoms. The van der Waals surface area contributed by atoms with E-state index in [1.54, 1.807) is 18.4 Å². The molecule has 4 nitrogen and oxygen atoms in total. The van der Waals surface area contributed by atoms with E-state index in [4.69, 9.17) is 4.74 Å². The summed E-state index contributed by atoms with van der Waals surface area (Å²) in [6.45, 7) is 0. The lowest BCUT2D eigenvalue weighted by molar-refractivity contribution is 0.334. The highest BCUT2D eigenvalue weighted by atomic mass is 16.5. The van der Waals surface area contributed by atoms with E-state index in [-0.39, 0.29) is 0 Å². The minimum Gasteiger partial charge on any atom is -0.497 e. The maximum atomic E-state index is 5.08. The van der Waals surface area contributed by atoms with E-state index in [9.17, 15) is 0 Å². The smallest absolute Gasteiger partial charge is 0.118 e. The fourth-order valence-corrected chi connectivity index (χ4v) is 1.26. The van der Waals surface area contributed by atoms with Crippen LogP contribution in [0.25, 0.3) is 6.08 Å². The third-order valence-electron chi connectivity index (χ3n) is 2.10. The predicted octanol–water partition coefficient (Wildman–Crippen LogP) is 1.99. The van der Waals surface area contributed by atoms with Gasteiger partial charge in [0.25, 0.3) is 0 Å². The van der Waals surface area contributed by atoms with Crippen molar-refractivity contribution in [2.24, 2.45) is 5.10 Å². The Labute approximate surface area is 94.5 Å². The van der Waals surface area contributed by atoms with Gasteiger partial charge in [0.15, 0.2) is 0 Å². The molecular weight excluding hydrogens is 202 g/mol. The van der Waals surface area contributed by atoms with Crippen molar-refractivity contribution in [2.45, 2.75) is 0 Å². The first-order valence-electron chi connectivity index (χ1n) is 4.95. The second kappa shape index (κ2) is 5.02. The summed E-state index contributed by atoms with van der Waals surface area (Å²) in [6, 6.07) is 7.82. The Morgan fingerprint density at radius 2 is 2.12 bits per heavy atom. The van der Waals surface area contributed by atoms with Gasteiger partial charge >= 0.3 is 0 Å². The predicted molar refractivity (Wildman–Crippen MR) is 64.6 cm³/mol. The lowest BCUT2D eigenvalue weighted by Crippen LogP contribution is -2.25. The van der Waals surface area contributed by atoms with Crippen molar-refractivity contribution in [3.05, 3.63) is 48.3 Å². The number of nitrogens with zero attached hydrogens (tertiary/aromatic N) is 2. The Kier molecular flexibility index (Phi) is 3.23. The van der Waals surface area contributed by atoms with E-state index in [1.807, 2.05) is 48.8 Å². The zero-order valence-electron chi connectivity index (χ0n) is 9.00. The van der Waals surface area contributed by atoms with Crippen molar-refractivity contribution in [2.75, 3.05) is 7.11 Å². The number of hydrazine groups is 1. The maximum Gasteiger partial charge on any atom is 0.118 e. The molecule has 0 unspecified atom stereocenters. The van der Waals surface area contributed by atoms with Gasteiger partial charge in [-0.05, 0) is 29.8 Å². The monoisotopic (exact) mass is 215 g/mol. The molecule has 0 saturated heterocycles. The first kappa shape index (κ1) is 10.3. The fourth-order valence-electron chi connectivity index (χ4n) is 1.26. The van der Waals surface area contributed by atoms with E-state index in [0.717, 1.165) is 11.3 Å². The van der Waals surface area contributed by atoms with Crippen LogP contribution in [0.15, 0.2) is 47.8 Å². The molecule has 1 N–H and O–H groups in total. The van der Waals surface area contributed by atoms with Gasteiger partial charge in [-0.2, -0.15) is 10.2 Å². The highest BCUT2D eigenvalue weighted by Gasteiger charge is 1.94. The van der Waals surface area contributed by atoms with Gasteiger partial charge in [-0.25, -0.2) is 0 Å². The minimum atomic E-state index is 0.856. The van der Waals surface area contributed by atoms with Crippen LogP contribution in [0.3, 0.4) is 0 Å². The fraction of sp³-hybridized carbons (Fsp3) is 0.0833. The number of hydrazone groups is 1. The topological polar surface area (TPSA) is 36.9 Å². The molecule has 0 spiro atoms. The Bertz CT molecular complexity index is 420. The second-order valence-electron chi connectivity index (χ2n) is 3.19. The van der Waals surface area contributed by atoms with Gasteiger partial charge in [-0.1, -0.05) is 12.1 Å². The van der Waals surface area contributed by atoms with E-state index in [0.29, 0.717) is 0 Å². The van der Waals surface area contributed by atoms with E-state index in [1.165, 1.54) is 0 Å². The molecule has 0 radical (unpaired) electrons. The molecular formula is C12H13N3O. The second-order valence-corrected chi connectivity index (χ2v) is 3.19. The molecule has 1 aliphatic heterocycles. The highest BCUT2D eigenvalue weighted by molar-refractivity contribution is 5.71. The van der Waals surface area contributed by atoms with Crippen molar-refractivity contribution >= 4 is 12.3 Å². The molecule has 4 heteroatoms. The van der Waals surface area contributed by atoms with Crippen LogP contribution in [0.1, 0.15) is 5.56 Å².